The van der Waals surface area contributed by atoms with Gasteiger partial charge < -0.3 is 9.84 Å². The van der Waals surface area contributed by atoms with E-state index in [-0.39, 0.29) is 0 Å². The first-order chi connectivity index (χ1) is 12.9. The molecule has 6 heteroatoms. The van der Waals surface area contributed by atoms with E-state index in [1.54, 1.807) is 6.20 Å². The first kappa shape index (κ1) is 15.4. The molecule has 5 rings (SSSR count). The number of aromatic amines is 1. The molecule has 0 saturated heterocycles. The third-order valence-electron chi connectivity index (χ3n) is 5.34. The zero-order valence-electron chi connectivity index (χ0n) is 14.5. The highest BCUT2D eigenvalue weighted by atomic mass is 16.5. The number of anilines is 2. The van der Waals surface area contributed by atoms with E-state index in [1.165, 1.54) is 32.1 Å². The van der Waals surface area contributed by atoms with Crippen molar-refractivity contribution in [1.29, 1.82) is 0 Å². The third kappa shape index (κ3) is 2.81. The molecule has 0 spiro atoms. The summed E-state index contributed by atoms with van der Waals surface area (Å²) >= 11 is 0. The molecule has 3 aromatic heterocycles. The van der Waals surface area contributed by atoms with Crippen LogP contribution in [-0.2, 0) is 6.42 Å². The fraction of sp³-hybridized carbons (Fsp3) is 0.350. The highest BCUT2D eigenvalue weighted by Crippen LogP contribution is 2.31. The lowest BCUT2D eigenvalue weighted by atomic mass is 9.86. The van der Waals surface area contributed by atoms with Gasteiger partial charge in [-0.15, -0.1) is 0 Å². The average Bonchev–Trinajstić information content (AvgIpc) is 3.27. The van der Waals surface area contributed by atoms with Crippen molar-refractivity contribution >= 4 is 33.5 Å². The maximum atomic E-state index is 5.60. The van der Waals surface area contributed by atoms with Crippen LogP contribution in [0.5, 0.6) is 0 Å². The Hall–Kier alpha value is -2.89. The Morgan fingerprint density at radius 3 is 3.00 bits per heavy atom. The first-order valence-corrected chi connectivity index (χ1v) is 9.31. The quantitative estimate of drug-likeness (QED) is 0.545. The zero-order chi connectivity index (χ0) is 17.3. The number of nitrogens with zero attached hydrogens (tertiary/aromatic N) is 3. The minimum Gasteiger partial charge on any atom is -0.356 e. The minimum atomic E-state index is 0.710. The number of rotatable bonds is 4. The molecule has 6 nitrogen and oxygen atoms in total. The van der Waals surface area contributed by atoms with E-state index in [9.17, 15) is 0 Å². The van der Waals surface area contributed by atoms with Crippen LogP contribution in [0.25, 0.3) is 22.0 Å². The SMILES string of the molecule is c1cnc2c(Nc3ccc4c(CC5CCCCC5)noc4c3)n[nH]c2c1. The molecule has 0 radical (unpaired) electrons. The smallest absolute Gasteiger partial charge is 0.178 e. The Labute approximate surface area is 151 Å². The van der Waals surface area contributed by atoms with Gasteiger partial charge in [0.2, 0.25) is 0 Å². The minimum absolute atomic E-state index is 0.710. The van der Waals surface area contributed by atoms with Crippen molar-refractivity contribution in [3.63, 3.8) is 0 Å². The number of benzene rings is 1. The topological polar surface area (TPSA) is 79.6 Å². The molecular weight excluding hydrogens is 326 g/mol. The molecule has 1 aromatic carbocycles. The summed E-state index contributed by atoms with van der Waals surface area (Å²) in [6.45, 7) is 0. The van der Waals surface area contributed by atoms with Crippen LogP contribution in [0.2, 0.25) is 0 Å². The predicted molar refractivity (Wildman–Crippen MR) is 101 cm³/mol. The van der Waals surface area contributed by atoms with Crippen molar-refractivity contribution < 1.29 is 4.52 Å². The van der Waals surface area contributed by atoms with E-state index in [0.29, 0.717) is 5.82 Å². The summed E-state index contributed by atoms with van der Waals surface area (Å²) < 4.78 is 5.60. The van der Waals surface area contributed by atoms with Gasteiger partial charge in [0.05, 0.1) is 11.2 Å². The number of nitrogens with one attached hydrogen (secondary N) is 2. The third-order valence-corrected chi connectivity index (χ3v) is 5.34. The van der Waals surface area contributed by atoms with E-state index >= 15 is 0 Å². The molecule has 0 amide bonds. The summed E-state index contributed by atoms with van der Waals surface area (Å²) in [7, 11) is 0. The molecule has 26 heavy (non-hydrogen) atoms. The van der Waals surface area contributed by atoms with Crippen LogP contribution in [0.15, 0.2) is 41.1 Å². The summed E-state index contributed by atoms with van der Waals surface area (Å²) in [5.74, 6) is 1.46. The number of H-pyrrole nitrogens is 1. The second-order valence-corrected chi connectivity index (χ2v) is 7.15. The van der Waals surface area contributed by atoms with Gasteiger partial charge in [0, 0.05) is 23.3 Å². The largest absolute Gasteiger partial charge is 0.356 e. The Balaban J connectivity index is 1.40. The van der Waals surface area contributed by atoms with Gasteiger partial charge in [-0.2, -0.15) is 5.10 Å². The standard InChI is InChI=1S/C20H21N5O/c1-2-5-13(6-3-1)11-17-15-9-8-14(12-18(15)26-25-17)22-20-19-16(23-24-20)7-4-10-21-19/h4,7-10,12-13H,1-3,5-6,11H2,(H2,22,23,24). The lowest BCUT2D eigenvalue weighted by Crippen LogP contribution is -2.09. The number of fused-ring (bicyclic) bond motifs is 2. The fourth-order valence-electron chi connectivity index (χ4n) is 3.96. The molecule has 0 bridgehead atoms. The summed E-state index contributed by atoms with van der Waals surface area (Å²) in [5.41, 5.74) is 4.55. The van der Waals surface area contributed by atoms with E-state index in [1.807, 2.05) is 24.3 Å². The van der Waals surface area contributed by atoms with Crippen molar-refractivity contribution in [1.82, 2.24) is 20.3 Å². The van der Waals surface area contributed by atoms with E-state index in [2.05, 4.69) is 31.7 Å². The summed E-state index contributed by atoms with van der Waals surface area (Å²) in [6, 6.07) is 9.97. The van der Waals surface area contributed by atoms with Crippen molar-refractivity contribution in [2.75, 3.05) is 5.32 Å². The van der Waals surface area contributed by atoms with E-state index in [4.69, 9.17) is 4.52 Å². The molecule has 0 unspecified atom stereocenters. The van der Waals surface area contributed by atoms with Gasteiger partial charge in [0.15, 0.2) is 11.4 Å². The molecule has 1 saturated carbocycles. The van der Waals surface area contributed by atoms with Crippen LogP contribution in [0.1, 0.15) is 37.8 Å². The Bertz CT molecular complexity index is 1040. The predicted octanol–water partition coefficient (Wildman–Crippen LogP) is 4.97. The normalized spacial score (nSPS) is 15.7. The molecule has 0 atom stereocenters. The number of aromatic nitrogens is 4. The van der Waals surface area contributed by atoms with Crippen LogP contribution in [0, 0.1) is 5.92 Å². The Morgan fingerprint density at radius 1 is 1.15 bits per heavy atom. The Kier molecular flexibility index (Phi) is 3.81. The maximum Gasteiger partial charge on any atom is 0.178 e. The van der Waals surface area contributed by atoms with Gasteiger partial charge in [-0.3, -0.25) is 10.1 Å². The van der Waals surface area contributed by atoms with Crippen LogP contribution < -0.4 is 5.32 Å². The zero-order valence-corrected chi connectivity index (χ0v) is 14.5. The molecule has 4 aromatic rings. The van der Waals surface area contributed by atoms with Gasteiger partial charge in [0.1, 0.15) is 5.52 Å². The molecule has 2 N–H and O–H groups in total. The fourth-order valence-corrected chi connectivity index (χ4v) is 3.96. The molecule has 0 aliphatic heterocycles. The summed E-state index contributed by atoms with van der Waals surface area (Å²) in [5, 5.41) is 16.1. The molecule has 3 heterocycles. The number of pyridine rings is 1. The van der Waals surface area contributed by atoms with Crippen molar-refractivity contribution in [3.8, 4) is 0 Å². The highest BCUT2D eigenvalue weighted by Gasteiger charge is 2.18. The number of hydrogen-bond acceptors (Lipinski definition) is 5. The van der Waals surface area contributed by atoms with Crippen LogP contribution in [-0.4, -0.2) is 20.3 Å². The maximum absolute atomic E-state index is 5.60. The van der Waals surface area contributed by atoms with Gasteiger partial charge in [-0.1, -0.05) is 37.3 Å². The second kappa shape index (κ2) is 6.44. The first-order valence-electron chi connectivity index (χ1n) is 9.31. The highest BCUT2D eigenvalue weighted by molar-refractivity contribution is 5.89. The summed E-state index contributed by atoms with van der Waals surface area (Å²) in [6.07, 6.45) is 9.48. The van der Waals surface area contributed by atoms with Crippen LogP contribution >= 0.6 is 0 Å². The molecule has 1 fully saturated rings. The summed E-state index contributed by atoms with van der Waals surface area (Å²) in [4.78, 5) is 4.38. The van der Waals surface area contributed by atoms with Gasteiger partial charge in [-0.25, -0.2) is 0 Å². The van der Waals surface area contributed by atoms with Crippen LogP contribution in [0.4, 0.5) is 11.5 Å². The van der Waals surface area contributed by atoms with Gasteiger partial charge in [-0.05, 0) is 36.6 Å². The molecule has 132 valence electrons. The van der Waals surface area contributed by atoms with Crippen LogP contribution in [0.3, 0.4) is 0 Å². The molecule has 1 aliphatic carbocycles. The lowest BCUT2D eigenvalue weighted by molar-refractivity contribution is 0.346. The van der Waals surface area contributed by atoms with Crippen molar-refractivity contribution in [2.45, 2.75) is 38.5 Å². The monoisotopic (exact) mass is 347 g/mol. The Morgan fingerprint density at radius 2 is 2.08 bits per heavy atom. The number of hydrogen-bond donors (Lipinski definition) is 2. The van der Waals surface area contributed by atoms with Crippen molar-refractivity contribution in [3.05, 3.63) is 42.2 Å². The second-order valence-electron chi connectivity index (χ2n) is 7.15. The molecule has 1 aliphatic rings. The molecular formula is C20H21N5O. The van der Waals surface area contributed by atoms with Gasteiger partial charge >= 0.3 is 0 Å². The average molecular weight is 347 g/mol. The van der Waals surface area contributed by atoms with Gasteiger partial charge in [0.25, 0.3) is 0 Å². The lowest BCUT2D eigenvalue weighted by Gasteiger charge is -2.20. The van der Waals surface area contributed by atoms with Crippen molar-refractivity contribution in [2.24, 2.45) is 5.92 Å². The van der Waals surface area contributed by atoms with E-state index in [0.717, 1.165) is 45.7 Å². The van der Waals surface area contributed by atoms with E-state index < -0.39 is 0 Å².